The Labute approximate surface area is 80.6 Å². The van der Waals surface area contributed by atoms with Crippen molar-refractivity contribution < 1.29 is 0 Å². The number of nitrogens with one attached hydrogen (secondary N) is 1. The van der Waals surface area contributed by atoms with Crippen molar-refractivity contribution in [3.63, 3.8) is 0 Å². The molecule has 0 radical (unpaired) electrons. The Kier molecular flexibility index (Phi) is 6.79. The summed E-state index contributed by atoms with van der Waals surface area (Å²) in [6.45, 7) is 6.08. The van der Waals surface area contributed by atoms with Gasteiger partial charge in [0.15, 0.2) is 0 Å². The fourth-order valence-electron chi connectivity index (χ4n) is 0.902. The van der Waals surface area contributed by atoms with Crippen LogP contribution in [-0.4, -0.2) is 11.9 Å². The lowest BCUT2D eigenvalue weighted by Gasteiger charge is -1.94. The molecule has 0 bridgehead atoms. The van der Waals surface area contributed by atoms with Gasteiger partial charge in [-0.1, -0.05) is 19.4 Å². The molecular formula is C11H18N2. The summed E-state index contributed by atoms with van der Waals surface area (Å²) in [5, 5.41) is 6.81. The summed E-state index contributed by atoms with van der Waals surface area (Å²) < 4.78 is 0. The molecular weight excluding hydrogens is 160 g/mol. The first-order chi connectivity index (χ1) is 6.20. The molecule has 0 saturated carbocycles. The van der Waals surface area contributed by atoms with Crippen LogP contribution in [0.15, 0.2) is 28.9 Å². The van der Waals surface area contributed by atoms with Crippen molar-refractivity contribution in [2.75, 3.05) is 0 Å². The molecule has 0 aliphatic rings. The molecule has 0 aliphatic heterocycles. The minimum Gasteiger partial charge on any atom is -0.309 e. The zero-order chi connectivity index (χ0) is 10.1. The third kappa shape index (κ3) is 7.19. The fraction of sp³-hybridized carbons (Fsp3) is 0.455. The Morgan fingerprint density at radius 2 is 2.08 bits per heavy atom. The van der Waals surface area contributed by atoms with Gasteiger partial charge in [0, 0.05) is 17.6 Å². The average Bonchev–Trinajstić information content (AvgIpc) is 2.11. The molecule has 1 N–H and O–H groups in total. The lowest BCUT2D eigenvalue weighted by Crippen LogP contribution is -1.85. The van der Waals surface area contributed by atoms with E-state index >= 15 is 0 Å². The van der Waals surface area contributed by atoms with E-state index in [-0.39, 0.29) is 0 Å². The summed E-state index contributed by atoms with van der Waals surface area (Å²) in [4.78, 5) is 4.34. The summed E-state index contributed by atoms with van der Waals surface area (Å²) in [5.74, 6) is 0. The van der Waals surface area contributed by atoms with Crippen LogP contribution in [0.25, 0.3) is 0 Å². The van der Waals surface area contributed by atoms with E-state index in [0.717, 1.165) is 24.3 Å². The molecule has 0 spiro atoms. The molecule has 2 nitrogen and oxygen atoms in total. The van der Waals surface area contributed by atoms with Gasteiger partial charge in [-0.15, -0.1) is 0 Å². The Morgan fingerprint density at radius 3 is 2.62 bits per heavy atom. The van der Waals surface area contributed by atoms with E-state index in [2.05, 4.69) is 18.0 Å². The standard InChI is InChI=1S/C11H18N2/c1-4-5-7-10(2)13-11(3)8-6-9-12/h6-9,12H,4-5H2,1-3H3/b8-6-,10-7-,12-9?,13-11-. The van der Waals surface area contributed by atoms with Gasteiger partial charge in [-0.25, -0.2) is 0 Å². The van der Waals surface area contributed by atoms with Crippen molar-refractivity contribution in [2.24, 2.45) is 4.99 Å². The molecule has 0 saturated heterocycles. The monoisotopic (exact) mass is 178 g/mol. The van der Waals surface area contributed by atoms with Crippen LogP contribution in [0.1, 0.15) is 33.6 Å². The molecule has 0 aromatic rings. The van der Waals surface area contributed by atoms with Crippen molar-refractivity contribution in [3.8, 4) is 0 Å². The predicted molar refractivity (Wildman–Crippen MR) is 59.7 cm³/mol. The number of aliphatic imine (C=N–C) groups is 1. The van der Waals surface area contributed by atoms with Crippen LogP contribution in [0.5, 0.6) is 0 Å². The van der Waals surface area contributed by atoms with E-state index in [1.807, 2.05) is 19.9 Å². The SMILES string of the molecule is CCC\C=C(C)/N=C(C)\C=C/C=N. The molecule has 0 fully saturated rings. The maximum atomic E-state index is 6.81. The summed E-state index contributed by atoms with van der Waals surface area (Å²) in [7, 11) is 0. The van der Waals surface area contributed by atoms with Crippen LogP contribution in [0, 0.1) is 5.41 Å². The Bertz CT molecular complexity index is 234. The number of rotatable bonds is 5. The highest BCUT2D eigenvalue weighted by atomic mass is 14.7. The number of allylic oxidation sites excluding steroid dienone is 4. The van der Waals surface area contributed by atoms with Crippen LogP contribution < -0.4 is 0 Å². The molecule has 0 aromatic heterocycles. The molecule has 0 atom stereocenters. The predicted octanol–water partition coefficient (Wildman–Crippen LogP) is 3.36. The zero-order valence-corrected chi connectivity index (χ0v) is 8.67. The first-order valence-corrected chi connectivity index (χ1v) is 4.60. The third-order valence-electron chi connectivity index (χ3n) is 1.51. The van der Waals surface area contributed by atoms with Gasteiger partial charge in [0.1, 0.15) is 0 Å². The quantitative estimate of drug-likeness (QED) is 0.627. The van der Waals surface area contributed by atoms with E-state index in [1.54, 1.807) is 6.08 Å². The Hall–Kier alpha value is -1.18. The summed E-state index contributed by atoms with van der Waals surface area (Å²) in [5.41, 5.74) is 1.99. The van der Waals surface area contributed by atoms with Crippen LogP contribution in [0.3, 0.4) is 0 Å². The van der Waals surface area contributed by atoms with E-state index in [4.69, 9.17) is 5.41 Å². The third-order valence-corrected chi connectivity index (χ3v) is 1.51. The minimum absolute atomic E-state index is 0.938. The van der Waals surface area contributed by atoms with E-state index in [9.17, 15) is 0 Å². The highest BCUT2D eigenvalue weighted by Crippen LogP contribution is 2.00. The lowest BCUT2D eigenvalue weighted by atomic mass is 10.3. The summed E-state index contributed by atoms with van der Waals surface area (Å²) in [6, 6.07) is 0. The van der Waals surface area contributed by atoms with E-state index < -0.39 is 0 Å². The summed E-state index contributed by atoms with van der Waals surface area (Å²) >= 11 is 0. The molecule has 13 heavy (non-hydrogen) atoms. The zero-order valence-electron chi connectivity index (χ0n) is 8.67. The molecule has 0 aromatic carbocycles. The normalized spacial score (nSPS) is 13.8. The minimum atomic E-state index is 0.938. The Balaban J connectivity index is 4.20. The largest absolute Gasteiger partial charge is 0.309 e. The van der Waals surface area contributed by atoms with Crippen molar-refractivity contribution in [3.05, 3.63) is 23.9 Å². The molecule has 2 heteroatoms. The number of hydrogen-bond donors (Lipinski definition) is 1. The van der Waals surface area contributed by atoms with Crippen LogP contribution in [-0.2, 0) is 0 Å². The second kappa shape index (κ2) is 7.47. The first-order valence-electron chi connectivity index (χ1n) is 4.60. The van der Waals surface area contributed by atoms with Gasteiger partial charge in [0.25, 0.3) is 0 Å². The van der Waals surface area contributed by atoms with Gasteiger partial charge in [0.05, 0.1) is 0 Å². The lowest BCUT2D eigenvalue weighted by molar-refractivity contribution is 0.945. The number of hydrogen-bond acceptors (Lipinski definition) is 2. The molecule has 0 heterocycles. The van der Waals surface area contributed by atoms with Gasteiger partial charge in [-0.3, -0.25) is 4.99 Å². The topological polar surface area (TPSA) is 36.2 Å². The molecule has 0 amide bonds. The van der Waals surface area contributed by atoms with E-state index in [0.29, 0.717) is 0 Å². The summed E-state index contributed by atoms with van der Waals surface area (Å²) in [6.07, 6.45) is 9.12. The van der Waals surface area contributed by atoms with Crippen molar-refractivity contribution in [1.29, 1.82) is 5.41 Å². The van der Waals surface area contributed by atoms with Crippen molar-refractivity contribution in [1.82, 2.24) is 0 Å². The van der Waals surface area contributed by atoms with Gasteiger partial charge in [-0.05, 0) is 32.4 Å². The van der Waals surface area contributed by atoms with Gasteiger partial charge < -0.3 is 5.41 Å². The van der Waals surface area contributed by atoms with Gasteiger partial charge >= 0.3 is 0 Å². The van der Waals surface area contributed by atoms with Crippen LogP contribution >= 0.6 is 0 Å². The average molecular weight is 178 g/mol. The fourth-order valence-corrected chi connectivity index (χ4v) is 0.902. The van der Waals surface area contributed by atoms with Crippen molar-refractivity contribution >= 4 is 11.9 Å². The van der Waals surface area contributed by atoms with Gasteiger partial charge in [0.2, 0.25) is 0 Å². The second-order valence-corrected chi connectivity index (χ2v) is 2.91. The Morgan fingerprint density at radius 1 is 1.38 bits per heavy atom. The number of nitrogens with zero attached hydrogens (tertiary/aromatic N) is 1. The molecule has 0 aliphatic carbocycles. The highest BCUT2D eigenvalue weighted by Gasteiger charge is 1.85. The van der Waals surface area contributed by atoms with Crippen LogP contribution in [0.4, 0.5) is 0 Å². The second-order valence-electron chi connectivity index (χ2n) is 2.91. The molecule has 72 valence electrons. The highest BCUT2D eigenvalue weighted by molar-refractivity contribution is 5.96. The van der Waals surface area contributed by atoms with E-state index in [1.165, 1.54) is 6.21 Å². The van der Waals surface area contributed by atoms with Crippen molar-refractivity contribution in [2.45, 2.75) is 33.6 Å². The van der Waals surface area contributed by atoms with Gasteiger partial charge in [-0.2, -0.15) is 0 Å². The van der Waals surface area contributed by atoms with Crippen LogP contribution in [0.2, 0.25) is 0 Å². The molecule has 0 unspecified atom stereocenters. The maximum Gasteiger partial charge on any atom is 0.0376 e. The smallest absolute Gasteiger partial charge is 0.0376 e. The molecule has 0 rings (SSSR count). The maximum absolute atomic E-state index is 6.81. The number of unbranched alkanes of at least 4 members (excludes halogenated alkanes) is 1. The first kappa shape index (κ1) is 11.8.